The van der Waals surface area contributed by atoms with Crippen molar-refractivity contribution in [2.24, 2.45) is 10.2 Å². The van der Waals surface area contributed by atoms with Gasteiger partial charge in [-0.2, -0.15) is 10.2 Å². The normalized spacial score (nSPS) is 10.7. The molecule has 3 aromatic carbocycles. The van der Waals surface area contributed by atoms with Gasteiger partial charge in [0.05, 0.1) is 16.3 Å². The molecule has 4 rings (SSSR count). The Labute approximate surface area is 204 Å². The second kappa shape index (κ2) is 10.8. The van der Waals surface area contributed by atoms with Gasteiger partial charge in [-0.25, -0.2) is 9.97 Å². The van der Waals surface area contributed by atoms with Crippen LogP contribution in [-0.4, -0.2) is 20.8 Å². The summed E-state index contributed by atoms with van der Waals surface area (Å²) in [5, 5.41) is 23.4. The molecule has 0 unspecified atom stereocenters. The van der Waals surface area contributed by atoms with Gasteiger partial charge in [0.25, 0.3) is 5.91 Å². The van der Waals surface area contributed by atoms with Gasteiger partial charge in [-0.05, 0) is 60.7 Å². The lowest BCUT2D eigenvalue weighted by atomic mass is 10.2. The molecule has 3 N–H and O–H groups in total. The maximum atomic E-state index is 12.3. The summed E-state index contributed by atoms with van der Waals surface area (Å²) in [6, 6.07) is 22.2. The molecule has 11 nitrogen and oxygen atoms in total. The van der Waals surface area contributed by atoms with Gasteiger partial charge in [0, 0.05) is 16.3 Å². The van der Waals surface area contributed by atoms with Crippen LogP contribution < -0.4 is 16.2 Å². The lowest BCUT2D eigenvalue weighted by Crippen LogP contribution is -2.30. The van der Waals surface area contributed by atoms with Gasteiger partial charge in [0.1, 0.15) is 6.33 Å². The van der Waals surface area contributed by atoms with Gasteiger partial charge in [0.15, 0.2) is 0 Å². The number of hydrogen-bond donors (Lipinski definition) is 3. The fourth-order valence-electron chi connectivity index (χ4n) is 2.88. The van der Waals surface area contributed by atoms with E-state index in [9.17, 15) is 14.9 Å². The van der Waals surface area contributed by atoms with Crippen LogP contribution in [-0.2, 0) is 0 Å². The molecule has 1 aromatic heterocycles. The minimum Gasteiger partial charge on any atom is -0.334 e. The van der Waals surface area contributed by atoms with E-state index in [4.69, 9.17) is 11.6 Å². The summed E-state index contributed by atoms with van der Waals surface area (Å²) >= 11 is 5.82. The van der Waals surface area contributed by atoms with Crippen molar-refractivity contribution in [3.8, 4) is 0 Å². The lowest BCUT2D eigenvalue weighted by Gasteiger charge is -2.11. The first-order valence-electron chi connectivity index (χ1n) is 10.1. The van der Waals surface area contributed by atoms with Crippen molar-refractivity contribution in [3.63, 3.8) is 0 Å². The molecule has 0 aliphatic rings. The van der Waals surface area contributed by atoms with Crippen LogP contribution in [0.1, 0.15) is 10.4 Å². The zero-order chi connectivity index (χ0) is 24.6. The summed E-state index contributed by atoms with van der Waals surface area (Å²) < 4.78 is 0. The third-order valence-corrected chi connectivity index (χ3v) is 4.82. The van der Waals surface area contributed by atoms with Crippen LogP contribution in [0.4, 0.5) is 34.4 Å². The van der Waals surface area contributed by atoms with Crippen molar-refractivity contribution < 1.29 is 9.72 Å². The average molecular weight is 489 g/mol. The molecular weight excluding hydrogens is 472 g/mol. The monoisotopic (exact) mass is 488 g/mol. The first-order chi connectivity index (χ1) is 17.0. The highest BCUT2D eigenvalue weighted by Crippen LogP contribution is 2.31. The van der Waals surface area contributed by atoms with E-state index in [0.29, 0.717) is 22.0 Å². The average Bonchev–Trinajstić information content (AvgIpc) is 2.88. The standard InChI is InChI=1S/C23H17ClN8O3/c24-16-8-6-15(7-9-16)23(33)31-30-22-20(32(34)35)21(25-14-26-22)27-17-10-12-19(13-11-17)29-28-18-4-2-1-3-5-18/h1-14H,(H,31,33)(H2,25,26,27,30). The minimum atomic E-state index is -0.651. The fraction of sp³-hybridized carbons (Fsp3) is 0. The number of amides is 1. The molecule has 0 fully saturated rings. The largest absolute Gasteiger partial charge is 0.355 e. The first-order valence-corrected chi connectivity index (χ1v) is 10.5. The molecule has 0 radical (unpaired) electrons. The third-order valence-electron chi connectivity index (χ3n) is 4.57. The Morgan fingerprint density at radius 3 is 2.14 bits per heavy atom. The highest BCUT2D eigenvalue weighted by Gasteiger charge is 2.23. The number of azo groups is 1. The van der Waals surface area contributed by atoms with Crippen LogP contribution in [0, 0.1) is 10.1 Å². The Kier molecular flexibility index (Phi) is 7.19. The molecule has 4 aromatic rings. The van der Waals surface area contributed by atoms with Gasteiger partial charge < -0.3 is 5.32 Å². The second-order valence-electron chi connectivity index (χ2n) is 6.97. The maximum absolute atomic E-state index is 12.3. The highest BCUT2D eigenvalue weighted by atomic mass is 35.5. The van der Waals surface area contributed by atoms with Crippen molar-refractivity contribution >= 4 is 51.9 Å². The summed E-state index contributed by atoms with van der Waals surface area (Å²) in [6.45, 7) is 0. The number of hydrazine groups is 1. The molecule has 0 aliphatic heterocycles. The van der Waals surface area contributed by atoms with Gasteiger partial charge in [-0.3, -0.25) is 25.8 Å². The molecular formula is C23H17ClN8O3. The zero-order valence-corrected chi connectivity index (χ0v) is 18.7. The summed E-state index contributed by atoms with van der Waals surface area (Å²) in [4.78, 5) is 31.3. The number of halogens is 1. The van der Waals surface area contributed by atoms with Crippen LogP contribution in [0.2, 0.25) is 5.02 Å². The molecule has 0 aliphatic carbocycles. The molecule has 174 valence electrons. The van der Waals surface area contributed by atoms with Gasteiger partial charge in [-0.15, -0.1) is 0 Å². The van der Waals surface area contributed by atoms with E-state index in [1.165, 1.54) is 12.1 Å². The Morgan fingerprint density at radius 2 is 1.49 bits per heavy atom. The van der Waals surface area contributed by atoms with E-state index in [-0.39, 0.29) is 11.6 Å². The van der Waals surface area contributed by atoms with Gasteiger partial charge in [-0.1, -0.05) is 29.8 Å². The van der Waals surface area contributed by atoms with E-state index in [1.807, 2.05) is 30.3 Å². The number of benzene rings is 3. The predicted molar refractivity (Wildman–Crippen MR) is 132 cm³/mol. The molecule has 0 saturated heterocycles. The Bertz CT molecular complexity index is 1360. The smallest absolute Gasteiger partial charge is 0.334 e. The number of aromatic nitrogens is 2. The fourth-order valence-corrected chi connectivity index (χ4v) is 3.01. The summed E-state index contributed by atoms with van der Waals surface area (Å²) in [7, 11) is 0. The SMILES string of the molecule is O=C(NNc1ncnc(Nc2ccc(N=Nc3ccccc3)cc2)c1[N+](=O)[O-])c1ccc(Cl)cc1. The van der Waals surface area contributed by atoms with Gasteiger partial charge in [0.2, 0.25) is 11.6 Å². The number of nitrogens with zero attached hydrogens (tertiary/aromatic N) is 5. The molecule has 1 heterocycles. The number of nitrogens with one attached hydrogen (secondary N) is 3. The molecule has 1 amide bonds. The van der Waals surface area contributed by atoms with E-state index in [0.717, 1.165) is 12.0 Å². The topological polar surface area (TPSA) is 147 Å². The van der Waals surface area contributed by atoms with Gasteiger partial charge >= 0.3 is 5.69 Å². The van der Waals surface area contributed by atoms with Crippen molar-refractivity contribution in [1.29, 1.82) is 0 Å². The summed E-state index contributed by atoms with van der Waals surface area (Å²) in [5.41, 5.74) is 6.57. The van der Waals surface area contributed by atoms with E-state index in [1.54, 1.807) is 36.4 Å². The number of carbonyl (C=O) groups excluding carboxylic acids is 1. The number of carbonyl (C=O) groups is 1. The van der Waals surface area contributed by atoms with Crippen molar-refractivity contribution in [3.05, 3.63) is 106 Å². The maximum Gasteiger partial charge on any atom is 0.355 e. The number of anilines is 3. The molecule has 35 heavy (non-hydrogen) atoms. The second-order valence-corrected chi connectivity index (χ2v) is 7.41. The number of hydrogen-bond acceptors (Lipinski definition) is 9. The molecule has 0 saturated carbocycles. The lowest BCUT2D eigenvalue weighted by molar-refractivity contribution is -0.383. The Hall–Kier alpha value is -4.90. The number of rotatable bonds is 8. The minimum absolute atomic E-state index is 0.0631. The van der Waals surface area contributed by atoms with Crippen LogP contribution in [0.5, 0.6) is 0 Å². The zero-order valence-electron chi connectivity index (χ0n) is 17.9. The van der Waals surface area contributed by atoms with Crippen LogP contribution >= 0.6 is 11.6 Å². The van der Waals surface area contributed by atoms with Crippen molar-refractivity contribution in [2.45, 2.75) is 0 Å². The van der Waals surface area contributed by atoms with Crippen LogP contribution in [0.25, 0.3) is 0 Å². The number of nitro groups is 1. The molecule has 0 spiro atoms. The quantitative estimate of drug-likeness (QED) is 0.157. The molecule has 0 atom stereocenters. The van der Waals surface area contributed by atoms with E-state index in [2.05, 4.69) is 36.4 Å². The summed E-state index contributed by atoms with van der Waals surface area (Å²) in [6.07, 6.45) is 1.13. The highest BCUT2D eigenvalue weighted by molar-refractivity contribution is 6.30. The molecule has 12 heteroatoms. The van der Waals surface area contributed by atoms with E-state index >= 15 is 0 Å². The van der Waals surface area contributed by atoms with Crippen molar-refractivity contribution in [1.82, 2.24) is 15.4 Å². The van der Waals surface area contributed by atoms with Crippen LogP contribution in [0.15, 0.2) is 95.4 Å². The molecule has 0 bridgehead atoms. The third kappa shape index (κ3) is 6.12. The predicted octanol–water partition coefficient (Wildman–Crippen LogP) is 5.95. The van der Waals surface area contributed by atoms with Crippen LogP contribution in [0.3, 0.4) is 0 Å². The van der Waals surface area contributed by atoms with Crippen molar-refractivity contribution in [2.75, 3.05) is 10.7 Å². The van der Waals surface area contributed by atoms with E-state index < -0.39 is 16.5 Å². The Balaban J connectivity index is 1.47. The Morgan fingerprint density at radius 1 is 0.857 bits per heavy atom. The summed E-state index contributed by atoms with van der Waals surface area (Å²) in [5.74, 6) is -0.778. The first kappa shape index (κ1) is 23.3.